The number of ether oxygens (including phenoxy) is 1. The van der Waals surface area contributed by atoms with Gasteiger partial charge in [0.2, 0.25) is 5.91 Å². The molecule has 1 unspecified atom stereocenters. The first-order valence-electron chi connectivity index (χ1n) is 9.70. The van der Waals surface area contributed by atoms with Crippen molar-refractivity contribution >= 4 is 17.5 Å². The lowest BCUT2D eigenvalue weighted by atomic mass is 10.0. The number of rotatable bonds is 9. The Bertz CT molecular complexity index is 934. The molecule has 0 bridgehead atoms. The summed E-state index contributed by atoms with van der Waals surface area (Å²) in [6.45, 7) is 2.52. The molecule has 2 aromatic carbocycles. The molecule has 29 heavy (non-hydrogen) atoms. The van der Waals surface area contributed by atoms with Crippen LogP contribution in [0.5, 0.6) is 5.75 Å². The predicted molar refractivity (Wildman–Crippen MR) is 114 cm³/mol. The number of benzene rings is 2. The summed E-state index contributed by atoms with van der Waals surface area (Å²) >= 11 is 6.28. The minimum absolute atomic E-state index is 0.0471. The number of halogens is 1. The average Bonchev–Trinajstić information content (AvgIpc) is 2.76. The number of carbonyl (C=O) groups is 1. The number of nitrogens with one attached hydrogen (secondary N) is 1. The Labute approximate surface area is 176 Å². The number of hydrogen-bond acceptors (Lipinski definition) is 4. The van der Waals surface area contributed by atoms with E-state index in [0.29, 0.717) is 24.5 Å². The molecule has 3 rings (SSSR count). The van der Waals surface area contributed by atoms with E-state index in [1.165, 1.54) is 6.20 Å². The first kappa shape index (κ1) is 20.8. The van der Waals surface area contributed by atoms with Gasteiger partial charge in [0.15, 0.2) is 5.15 Å². The van der Waals surface area contributed by atoms with Crippen LogP contribution in [0.15, 0.2) is 67.0 Å². The zero-order valence-corrected chi connectivity index (χ0v) is 17.1. The molecular weight excluding hydrogens is 386 g/mol. The van der Waals surface area contributed by atoms with Crippen LogP contribution >= 0.6 is 11.6 Å². The first-order chi connectivity index (χ1) is 14.2. The van der Waals surface area contributed by atoms with Crippen LogP contribution in [0.4, 0.5) is 0 Å². The third-order valence-corrected chi connectivity index (χ3v) is 4.75. The number of aromatic nitrogens is 2. The molecule has 6 heteroatoms. The number of unbranched alkanes of at least 4 members (excludes halogenated alkanes) is 1. The third-order valence-electron chi connectivity index (χ3n) is 4.46. The molecule has 0 aliphatic carbocycles. The summed E-state index contributed by atoms with van der Waals surface area (Å²) in [5, 5.41) is 3.31. The summed E-state index contributed by atoms with van der Waals surface area (Å²) in [5.41, 5.74) is 2.43. The Morgan fingerprint density at radius 2 is 1.90 bits per heavy atom. The first-order valence-corrected chi connectivity index (χ1v) is 10.1. The highest BCUT2D eigenvalue weighted by Gasteiger charge is 2.22. The van der Waals surface area contributed by atoms with E-state index in [1.807, 2.05) is 54.6 Å². The van der Waals surface area contributed by atoms with Crippen molar-refractivity contribution in [3.05, 3.63) is 89.0 Å². The molecule has 1 amide bonds. The smallest absolute Gasteiger partial charge is 0.220 e. The Morgan fingerprint density at radius 3 is 2.66 bits per heavy atom. The Morgan fingerprint density at radius 1 is 1.10 bits per heavy atom. The maximum Gasteiger partial charge on any atom is 0.220 e. The average molecular weight is 410 g/mol. The summed E-state index contributed by atoms with van der Waals surface area (Å²) in [6, 6.07) is 17.1. The molecule has 1 atom stereocenters. The molecule has 0 saturated carbocycles. The second-order valence-electron chi connectivity index (χ2n) is 6.68. The molecule has 1 aromatic heterocycles. The van der Waals surface area contributed by atoms with Crippen LogP contribution < -0.4 is 10.1 Å². The lowest BCUT2D eigenvalue weighted by Gasteiger charge is -2.20. The van der Waals surface area contributed by atoms with Crippen LogP contribution in [0.2, 0.25) is 5.15 Å². The van der Waals surface area contributed by atoms with Gasteiger partial charge in [0, 0.05) is 18.8 Å². The highest BCUT2D eigenvalue weighted by Crippen LogP contribution is 2.28. The number of carbonyl (C=O) groups excluding carboxylic acids is 1. The van der Waals surface area contributed by atoms with Crippen molar-refractivity contribution in [2.45, 2.75) is 38.8 Å². The highest BCUT2D eigenvalue weighted by molar-refractivity contribution is 6.30. The zero-order chi connectivity index (χ0) is 20.5. The Balaban J connectivity index is 1.83. The van der Waals surface area contributed by atoms with Gasteiger partial charge in [-0.3, -0.25) is 9.78 Å². The van der Waals surface area contributed by atoms with Crippen molar-refractivity contribution in [2.24, 2.45) is 0 Å². The van der Waals surface area contributed by atoms with Gasteiger partial charge in [0.25, 0.3) is 0 Å². The van der Waals surface area contributed by atoms with E-state index in [0.717, 1.165) is 24.0 Å². The number of nitrogens with zero attached hydrogens (tertiary/aromatic N) is 2. The van der Waals surface area contributed by atoms with Crippen LogP contribution in [0.3, 0.4) is 0 Å². The van der Waals surface area contributed by atoms with Crippen LogP contribution in [0, 0.1) is 0 Å². The fourth-order valence-corrected chi connectivity index (χ4v) is 3.14. The van der Waals surface area contributed by atoms with Gasteiger partial charge in [0.1, 0.15) is 18.1 Å². The van der Waals surface area contributed by atoms with Gasteiger partial charge < -0.3 is 10.1 Å². The van der Waals surface area contributed by atoms with Crippen molar-refractivity contribution in [2.75, 3.05) is 0 Å². The molecule has 1 heterocycles. The van der Waals surface area contributed by atoms with Gasteiger partial charge >= 0.3 is 0 Å². The summed E-state index contributed by atoms with van der Waals surface area (Å²) in [6.07, 6.45) is 5.33. The fourth-order valence-electron chi connectivity index (χ4n) is 2.93. The van der Waals surface area contributed by atoms with E-state index in [-0.39, 0.29) is 11.1 Å². The molecule has 3 aromatic rings. The van der Waals surface area contributed by atoms with Gasteiger partial charge in [-0.2, -0.15) is 0 Å². The van der Waals surface area contributed by atoms with E-state index in [9.17, 15) is 4.79 Å². The third kappa shape index (κ3) is 6.03. The zero-order valence-electron chi connectivity index (χ0n) is 16.3. The normalized spacial score (nSPS) is 11.7. The lowest BCUT2D eigenvalue weighted by molar-refractivity contribution is -0.121. The predicted octanol–water partition coefficient (Wildman–Crippen LogP) is 5.10. The van der Waals surface area contributed by atoms with Crippen molar-refractivity contribution in [3.8, 4) is 5.75 Å². The molecule has 0 aliphatic rings. The summed E-state index contributed by atoms with van der Waals surface area (Å²) < 4.78 is 5.94. The van der Waals surface area contributed by atoms with E-state index >= 15 is 0 Å². The summed E-state index contributed by atoms with van der Waals surface area (Å²) in [5.74, 6) is 0.661. The van der Waals surface area contributed by atoms with Crippen molar-refractivity contribution in [1.82, 2.24) is 15.3 Å². The summed E-state index contributed by atoms with van der Waals surface area (Å²) in [7, 11) is 0. The van der Waals surface area contributed by atoms with Gasteiger partial charge in [-0.25, -0.2) is 4.98 Å². The minimum Gasteiger partial charge on any atom is -0.489 e. The van der Waals surface area contributed by atoms with Crippen molar-refractivity contribution < 1.29 is 9.53 Å². The van der Waals surface area contributed by atoms with Crippen LogP contribution in [-0.2, 0) is 11.4 Å². The van der Waals surface area contributed by atoms with Gasteiger partial charge in [-0.1, -0.05) is 67.4 Å². The maximum absolute atomic E-state index is 12.4. The van der Waals surface area contributed by atoms with E-state index in [2.05, 4.69) is 22.2 Å². The van der Waals surface area contributed by atoms with E-state index in [1.54, 1.807) is 6.20 Å². The van der Waals surface area contributed by atoms with Crippen molar-refractivity contribution in [3.63, 3.8) is 0 Å². The number of amides is 1. The molecule has 0 fully saturated rings. The monoisotopic (exact) mass is 409 g/mol. The maximum atomic E-state index is 12.4. The molecule has 0 radical (unpaired) electrons. The van der Waals surface area contributed by atoms with Gasteiger partial charge in [-0.05, 0) is 29.7 Å². The second kappa shape index (κ2) is 10.6. The Hall–Kier alpha value is -2.92. The number of hydrogen-bond donors (Lipinski definition) is 1. The van der Waals surface area contributed by atoms with Gasteiger partial charge in [0.05, 0.1) is 6.04 Å². The fraction of sp³-hybridized carbons (Fsp3) is 0.261. The van der Waals surface area contributed by atoms with E-state index in [4.69, 9.17) is 16.3 Å². The molecule has 150 valence electrons. The summed E-state index contributed by atoms with van der Waals surface area (Å²) in [4.78, 5) is 20.9. The SMILES string of the molecule is CCCCC(=O)NC(c1cccc(OCc2ccccc2)c1)c1nccnc1Cl. The molecule has 1 N–H and O–H groups in total. The van der Waals surface area contributed by atoms with Crippen molar-refractivity contribution in [1.29, 1.82) is 0 Å². The topological polar surface area (TPSA) is 64.1 Å². The molecular formula is C23H24ClN3O2. The lowest BCUT2D eigenvalue weighted by Crippen LogP contribution is -2.30. The molecule has 0 aliphatic heterocycles. The van der Waals surface area contributed by atoms with E-state index < -0.39 is 6.04 Å². The molecule has 0 spiro atoms. The van der Waals surface area contributed by atoms with Crippen LogP contribution in [0.25, 0.3) is 0 Å². The molecule has 0 saturated heterocycles. The van der Waals surface area contributed by atoms with Crippen LogP contribution in [-0.4, -0.2) is 15.9 Å². The largest absolute Gasteiger partial charge is 0.489 e. The standard InChI is InChI=1S/C23H24ClN3O2/c1-2-3-12-20(28)27-21(22-23(24)26-14-13-25-22)18-10-7-11-19(15-18)29-16-17-8-5-4-6-9-17/h4-11,13-15,21H,2-3,12,16H2,1H3,(H,27,28). The van der Waals surface area contributed by atoms with Crippen LogP contribution in [0.1, 0.15) is 49.0 Å². The molecule has 5 nitrogen and oxygen atoms in total. The quantitative estimate of drug-likeness (QED) is 0.533. The minimum atomic E-state index is -0.499. The Kier molecular flexibility index (Phi) is 7.59. The van der Waals surface area contributed by atoms with Gasteiger partial charge in [-0.15, -0.1) is 0 Å². The highest BCUT2D eigenvalue weighted by atomic mass is 35.5. The second-order valence-corrected chi connectivity index (χ2v) is 7.04.